The first-order valence-electron chi connectivity index (χ1n) is 7.24. The van der Waals surface area contributed by atoms with Gasteiger partial charge in [0.1, 0.15) is 11.8 Å². The molecule has 2 atom stereocenters. The van der Waals surface area contributed by atoms with Crippen molar-refractivity contribution in [3.63, 3.8) is 0 Å². The van der Waals surface area contributed by atoms with E-state index in [4.69, 9.17) is 4.74 Å². The van der Waals surface area contributed by atoms with Crippen LogP contribution in [0.15, 0.2) is 12.1 Å². The van der Waals surface area contributed by atoms with Gasteiger partial charge in [0.2, 0.25) is 0 Å². The molecule has 1 aromatic rings. The molecule has 5 nitrogen and oxygen atoms in total. The number of aryl methyl sites for hydroxylation is 2. The average molecular weight is 293 g/mol. The standard InChI is InChI=1S/C16H23NO4/c1-10-7-12(21-3)8-11(2)15(10)14(18)9-17-6-4-5-13(17)16(19)20/h7-8,13-14,18H,4-6,9H2,1-3H3,(H,19,20). The van der Waals surface area contributed by atoms with Gasteiger partial charge in [-0.1, -0.05) is 0 Å². The molecule has 2 rings (SSSR count). The van der Waals surface area contributed by atoms with E-state index in [2.05, 4.69) is 0 Å². The Kier molecular flexibility index (Phi) is 4.85. The Balaban J connectivity index is 2.17. The van der Waals surface area contributed by atoms with E-state index in [0.717, 1.165) is 35.4 Å². The van der Waals surface area contributed by atoms with Gasteiger partial charge in [0.05, 0.1) is 13.2 Å². The van der Waals surface area contributed by atoms with Crippen LogP contribution in [0, 0.1) is 13.8 Å². The molecule has 1 aromatic carbocycles. The molecule has 0 spiro atoms. The van der Waals surface area contributed by atoms with Gasteiger partial charge in [0.15, 0.2) is 0 Å². The predicted molar refractivity (Wildman–Crippen MR) is 79.7 cm³/mol. The van der Waals surface area contributed by atoms with E-state index in [1.807, 2.05) is 30.9 Å². The first kappa shape index (κ1) is 15.8. The van der Waals surface area contributed by atoms with Crippen molar-refractivity contribution >= 4 is 5.97 Å². The molecule has 2 N–H and O–H groups in total. The van der Waals surface area contributed by atoms with Crippen LogP contribution in [0.3, 0.4) is 0 Å². The number of aliphatic hydroxyl groups excluding tert-OH is 1. The summed E-state index contributed by atoms with van der Waals surface area (Å²) < 4.78 is 5.22. The first-order chi connectivity index (χ1) is 9.93. The second kappa shape index (κ2) is 6.45. The van der Waals surface area contributed by atoms with Gasteiger partial charge in [-0.25, -0.2) is 0 Å². The van der Waals surface area contributed by atoms with Crippen molar-refractivity contribution < 1.29 is 19.7 Å². The van der Waals surface area contributed by atoms with Crippen molar-refractivity contribution in [1.29, 1.82) is 0 Å². The van der Waals surface area contributed by atoms with E-state index in [-0.39, 0.29) is 0 Å². The smallest absolute Gasteiger partial charge is 0.320 e. The number of aliphatic carboxylic acids is 1. The molecule has 0 aromatic heterocycles. The van der Waals surface area contributed by atoms with Crippen molar-refractivity contribution in [2.45, 2.75) is 38.8 Å². The lowest BCUT2D eigenvalue weighted by atomic mass is 9.97. The van der Waals surface area contributed by atoms with Crippen molar-refractivity contribution in [3.05, 3.63) is 28.8 Å². The second-order valence-electron chi connectivity index (χ2n) is 5.68. The van der Waals surface area contributed by atoms with Gasteiger partial charge in [-0.15, -0.1) is 0 Å². The van der Waals surface area contributed by atoms with Gasteiger partial charge < -0.3 is 14.9 Å². The third kappa shape index (κ3) is 3.36. The van der Waals surface area contributed by atoms with Crippen LogP contribution in [0.25, 0.3) is 0 Å². The average Bonchev–Trinajstić information content (AvgIpc) is 2.85. The summed E-state index contributed by atoms with van der Waals surface area (Å²) in [6.45, 7) is 4.95. The first-order valence-corrected chi connectivity index (χ1v) is 7.24. The van der Waals surface area contributed by atoms with E-state index in [1.54, 1.807) is 7.11 Å². The summed E-state index contributed by atoms with van der Waals surface area (Å²) in [7, 11) is 1.62. The lowest BCUT2D eigenvalue weighted by Gasteiger charge is -2.26. The summed E-state index contributed by atoms with van der Waals surface area (Å²) in [6.07, 6.45) is 0.836. The van der Waals surface area contributed by atoms with E-state index in [0.29, 0.717) is 13.0 Å². The quantitative estimate of drug-likeness (QED) is 0.867. The molecule has 1 fully saturated rings. The number of benzene rings is 1. The number of β-amino-alcohol motifs (C(OH)–C–C–N with tert-alkyl or cyclic N) is 1. The maximum Gasteiger partial charge on any atom is 0.320 e. The summed E-state index contributed by atoms with van der Waals surface area (Å²) >= 11 is 0. The summed E-state index contributed by atoms with van der Waals surface area (Å²) in [5.41, 5.74) is 2.79. The Morgan fingerprint density at radius 1 is 1.43 bits per heavy atom. The third-order valence-electron chi connectivity index (χ3n) is 4.19. The second-order valence-corrected chi connectivity index (χ2v) is 5.68. The normalized spacial score (nSPS) is 20.5. The molecule has 1 saturated heterocycles. The summed E-state index contributed by atoms with van der Waals surface area (Å²) in [6, 6.07) is 3.31. The SMILES string of the molecule is COc1cc(C)c(C(O)CN2CCCC2C(=O)O)c(C)c1. The molecule has 0 bridgehead atoms. The zero-order valence-electron chi connectivity index (χ0n) is 12.8. The minimum atomic E-state index is -0.803. The number of nitrogens with zero attached hydrogens (tertiary/aromatic N) is 1. The molecular formula is C16H23NO4. The molecule has 0 amide bonds. The van der Waals surface area contributed by atoms with Gasteiger partial charge >= 0.3 is 5.97 Å². The monoisotopic (exact) mass is 293 g/mol. The number of aliphatic hydroxyl groups is 1. The van der Waals surface area contributed by atoms with Crippen molar-refractivity contribution in [2.75, 3.05) is 20.2 Å². The number of hydrogen-bond donors (Lipinski definition) is 2. The number of carbonyl (C=O) groups is 1. The largest absolute Gasteiger partial charge is 0.497 e. The number of methoxy groups -OCH3 is 1. The molecule has 21 heavy (non-hydrogen) atoms. The fraction of sp³-hybridized carbons (Fsp3) is 0.562. The van der Waals surface area contributed by atoms with Crippen molar-refractivity contribution in [3.8, 4) is 5.75 Å². The number of carboxylic acids is 1. The molecule has 0 radical (unpaired) electrons. The Morgan fingerprint density at radius 3 is 2.57 bits per heavy atom. The predicted octanol–water partition coefficient (Wildman–Crippen LogP) is 1.89. The van der Waals surface area contributed by atoms with Gasteiger partial charge in [0.25, 0.3) is 0 Å². The minimum absolute atomic E-state index is 0.352. The molecule has 1 aliphatic heterocycles. The van der Waals surface area contributed by atoms with Crippen LogP contribution in [0.5, 0.6) is 5.75 Å². The number of hydrogen-bond acceptors (Lipinski definition) is 4. The highest BCUT2D eigenvalue weighted by atomic mass is 16.5. The molecule has 0 aliphatic carbocycles. The minimum Gasteiger partial charge on any atom is -0.497 e. The fourth-order valence-corrected chi connectivity index (χ4v) is 3.22. The Hall–Kier alpha value is -1.59. The Labute approximate surface area is 125 Å². The number of ether oxygens (including phenoxy) is 1. The van der Waals surface area contributed by atoms with Crippen LogP contribution in [-0.2, 0) is 4.79 Å². The van der Waals surface area contributed by atoms with E-state index >= 15 is 0 Å². The van der Waals surface area contributed by atoms with Crippen LogP contribution in [0.2, 0.25) is 0 Å². The molecule has 5 heteroatoms. The maximum absolute atomic E-state index is 11.2. The number of likely N-dealkylation sites (tertiary alicyclic amines) is 1. The molecule has 0 saturated carbocycles. The Morgan fingerprint density at radius 2 is 2.05 bits per heavy atom. The van der Waals surface area contributed by atoms with Gasteiger partial charge in [-0.05, 0) is 62.1 Å². The highest BCUT2D eigenvalue weighted by Gasteiger charge is 2.32. The molecule has 1 heterocycles. The number of carboxylic acid groups (broad SMARTS) is 1. The van der Waals surface area contributed by atoms with Gasteiger partial charge in [-0.3, -0.25) is 9.69 Å². The zero-order chi connectivity index (χ0) is 15.6. The lowest BCUT2D eigenvalue weighted by molar-refractivity contribution is -0.142. The number of rotatable bonds is 5. The van der Waals surface area contributed by atoms with Crippen LogP contribution in [0.1, 0.15) is 35.6 Å². The van der Waals surface area contributed by atoms with Gasteiger partial charge in [-0.2, -0.15) is 0 Å². The van der Waals surface area contributed by atoms with Crippen molar-refractivity contribution in [2.24, 2.45) is 0 Å². The van der Waals surface area contributed by atoms with Crippen LogP contribution in [-0.4, -0.2) is 47.3 Å². The highest BCUT2D eigenvalue weighted by molar-refractivity contribution is 5.73. The molecule has 1 aliphatic rings. The van der Waals surface area contributed by atoms with E-state index in [1.165, 1.54) is 0 Å². The topological polar surface area (TPSA) is 70.0 Å². The molecule has 116 valence electrons. The van der Waals surface area contributed by atoms with Crippen LogP contribution >= 0.6 is 0 Å². The zero-order valence-corrected chi connectivity index (χ0v) is 12.8. The summed E-state index contributed by atoms with van der Waals surface area (Å²) in [5.74, 6) is -0.0339. The van der Waals surface area contributed by atoms with Crippen LogP contribution < -0.4 is 4.74 Å². The highest BCUT2D eigenvalue weighted by Crippen LogP contribution is 2.29. The van der Waals surface area contributed by atoms with E-state index < -0.39 is 18.1 Å². The van der Waals surface area contributed by atoms with E-state index in [9.17, 15) is 15.0 Å². The Bertz CT molecular complexity index is 506. The van der Waals surface area contributed by atoms with Crippen molar-refractivity contribution in [1.82, 2.24) is 4.90 Å². The third-order valence-corrected chi connectivity index (χ3v) is 4.19. The maximum atomic E-state index is 11.2. The van der Waals surface area contributed by atoms with Gasteiger partial charge in [0, 0.05) is 6.54 Å². The summed E-state index contributed by atoms with van der Waals surface area (Å²) in [5, 5.41) is 19.7. The fourth-order valence-electron chi connectivity index (χ4n) is 3.22. The molecular weight excluding hydrogens is 270 g/mol. The van der Waals surface area contributed by atoms with Crippen LogP contribution in [0.4, 0.5) is 0 Å². The lowest BCUT2D eigenvalue weighted by Crippen LogP contribution is -2.38. The summed E-state index contributed by atoms with van der Waals surface area (Å²) in [4.78, 5) is 13.1. The molecule has 2 unspecified atom stereocenters.